The molecule has 0 unspecified atom stereocenters. The number of benzene rings is 2. The molecule has 16 nitrogen and oxygen atoms in total. The van der Waals surface area contributed by atoms with Crippen LogP contribution in [0.1, 0.15) is 83.7 Å². The predicted octanol–water partition coefficient (Wildman–Crippen LogP) is 4.37. The molecule has 2 aromatic heterocycles. The first-order valence-corrected chi connectivity index (χ1v) is 26.1. The van der Waals surface area contributed by atoms with Crippen LogP contribution >= 0.6 is 0 Å². The number of ether oxygens (including phenoxy) is 3. The summed E-state index contributed by atoms with van der Waals surface area (Å²) in [4.78, 5) is 81.5. The maximum absolute atomic E-state index is 15.0. The molecule has 3 fully saturated rings. The van der Waals surface area contributed by atoms with Gasteiger partial charge in [-0.3, -0.25) is 34.0 Å². The fourth-order valence-electron chi connectivity index (χ4n) is 10.8. The second-order valence-electron chi connectivity index (χ2n) is 21.4. The van der Waals surface area contributed by atoms with E-state index in [1.54, 1.807) is 24.3 Å². The number of hydrogen-bond acceptors (Lipinski definition) is 11. The lowest BCUT2D eigenvalue weighted by molar-refractivity contribution is -0.158. The first-order valence-electron chi connectivity index (χ1n) is 25.1. The summed E-state index contributed by atoms with van der Waals surface area (Å²) in [5.41, 5.74) is 9.32. The third kappa shape index (κ3) is 10.5. The topological polar surface area (TPSA) is 168 Å². The highest BCUT2D eigenvalue weighted by molar-refractivity contribution is 6.27. The molecule has 380 valence electrons. The molecule has 4 aliphatic heterocycles. The van der Waals surface area contributed by atoms with E-state index < -0.39 is 46.0 Å². The number of fused-ring (bicyclic) bond motifs is 6. The van der Waals surface area contributed by atoms with Crippen LogP contribution in [0.2, 0.25) is 0 Å². The zero-order valence-corrected chi connectivity index (χ0v) is 45.2. The van der Waals surface area contributed by atoms with Gasteiger partial charge in [0.05, 0.1) is 30.6 Å². The normalized spacial score (nSPS) is 23.8. The first kappa shape index (κ1) is 51.6. The van der Waals surface area contributed by atoms with Crippen LogP contribution in [0.4, 0.5) is 0 Å². The highest BCUT2D eigenvalue weighted by Gasteiger charge is 2.56. The molecule has 4 aliphatic rings. The van der Waals surface area contributed by atoms with Crippen LogP contribution in [0.5, 0.6) is 0 Å². The molecule has 1 spiro atoms. The van der Waals surface area contributed by atoms with Crippen molar-refractivity contribution >= 4 is 50.7 Å². The Labute approximate surface area is 420 Å². The molecule has 6 heterocycles. The zero-order chi connectivity index (χ0) is 51.0. The average Bonchev–Trinajstić information content (AvgIpc) is 4.02. The standard InChI is InChI=1S/C54H72N8O8Si/c1-10-60-43-20-19-38-29-40(43)41(47(60)39-17-12-23-55-45(39)35(4)68-9)30-52(5,6)32-69-51(67)54(71)21-14-25-62(57-54)49(65)42(28-36-15-11-16-37(38)27-36)56-48(64)46(34(2)3)61-33-70-53(50(61)66)22-26-59(31-53)44(63)18-13-24-58(7)8/h11-13,15-20,23,27,29,34-35,42,46,57H,10,14,21-22,24-26,28,30-33H2,1-9,71H3,(H,56,64)/b18-13+/t35-,42-,46-,53+,54-/m0/s1. The highest BCUT2D eigenvalue weighted by atomic mass is 28.1. The molecular formula is C54H72N8O8Si. The molecule has 4 aromatic rings. The molecule has 4 amide bonds. The minimum Gasteiger partial charge on any atom is -0.464 e. The molecule has 3 saturated heterocycles. The van der Waals surface area contributed by atoms with Crippen LogP contribution in [0.15, 0.2) is 72.9 Å². The number of nitrogens with one attached hydrogen (secondary N) is 2. The van der Waals surface area contributed by atoms with Gasteiger partial charge in [0.15, 0.2) is 5.60 Å². The smallest absolute Gasteiger partial charge is 0.323 e. The van der Waals surface area contributed by atoms with Gasteiger partial charge < -0.3 is 38.8 Å². The minimum atomic E-state index is -1.26. The molecule has 0 saturated carbocycles. The van der Waals surface area contributed by atoms with Crippen molar-refractivity contribution in [2.24, 2.45) is 11.3 Å². The number of cyclic esters (lactones) is 1. The second kappa shape index (κ2) is 20.8. The quantitative estimate of drug-likeness (QED) is 0.125. The van der Waals surface area contributed by atoms with Gasteiger partial charge in [-0.1, -0.05) is 64.1 Å². The first-order chi connectivity index (χ1) is 33.8. The van der Waals surface area contributed by atoms with Crippen molar-refractivity contribution in [3.63, 3.8) is 0 Å². The number of methoxy groups -OCH3 is 1. The number of carbonyl (C=O) groups excluding carboxylic acids is 5. The third-order valence-corrected chi connectivity index (χ3v) is 15.8. The summed E-state index contributed by atoms with van der Waals surface area (Å²) in [5.74, 6) is -2.22. The molecule has 17 heteroatoms. The van der Waals surface area contributed by atoms with Crippen molar-refractivity contribution in [2.45, 2.75) is 109 Å². The number of aromatic nitrogens is 2. The van der Waals surface area contributed by atoms with Crippen LogP contribution in [0, 0.1) is 11.3 Å². The van der Waals surface area contributed by atoms with E-state index in [9.17, 15) is 24.0 Å². The van der Waals surface area contributed by atoms with Crippen LogP contribution in [0.3, 0.4) is 0 Å². The Balaban J connectivity index is 1.16. The van der Waals surface area contributed by atoms with Gasteiger partial charge in [0.1, 0.15) is 24.0 Å². The number of amides is 4. The van der Waals surface area contributed by atoms with Crippen LogP contribution in [0.25, 0.3) is 33.3 Å². The van der Waals surface area contributed by atoms with Gasteiger partial charge in [0, 0.05) is 90.5 Å². The number of aryl methyl sites for hydroxylation is 1. The minimum absolute atomic E-state index is 0.0823. The molecule has 2 N–H and O–H groups in total. The van der Waals surface area contributed by atoms with E-state index in [0.29, 0.717) is 62.1 Å². The van der Waals surface area contributed by atoms with E-state index in [4.69, 9.17) is 19.2 Å². The van der Waals surface area contributed by atoms with E-state index in [0.717, 1.165) is 50.1 Å². The Morgan fingerprint density at radius 1 is 1.04 bits per heavy atom. The number of pyridine rings is 1. The van der Waals surface area contributed by atoms with Crippen molar-refractivity contribution in [1.29, 1.82) is 0 Å². The summed E-state index contributed by atoms with van der Waals surface area (Å²) in [5, 5.41) is 4.55. The largest absolute Gasteiger partial charge is 0.464 e. The van der Waals surface area contributed by atoms with Crippen molar-refractivity contribution in [2.75, 3.05) is 60.7 Å². The number of hydrazine groups is 1. The summed E-state index contributed by atoms with van der Waals surface area (Å²) in [7, 11) is 5.87. The van der Waals surface area contributed by atoms with E-state index in [1.165, 1.54) is 16.0 Å². The SMILES string of the molecule is CCn1c(-c2cccnc2[C@H](C)OC)c2c3cc(ccc31)-c1cccc(c1)C[C@H](NC(=O)[C@H](C(C)C)N1CO[C@@]3(CCN(C(=O)/C=C/CN(C)C)C3)C1=O)C(=O)N1CCC[C@@]([SiH3])(N1)C(=O)OCC(C)(C)C2. The van der Waals surface area contributed by atoms with Gasteiger partial charge in [0.25, 0.3) is 11.8 Å². The Kier molecular flexibility index (Phi) is 15.1. The summed E-state index contributed by atoms with van der Waals surface area (Å²) in [6.45, 7) is 14.2. The maximum atomic E-state index is 15.0. The molecule has 8 rings (SSSR count). The number of likely N-dealkylation sites (N-methyl/N-ethyl adjacent to an activating group) is 1. The molecule has 6 bridgehead atoms. The molecule has 0 radical (unpaired) electrons. The highest BCUT2D eigenvalue weighted by Crippen LogP contribution is 2.42. The summed E-state index contributed by atoms with van der Waals surface area (Å²) < 4.78 is 20.7. The van der Waals surface area contributed by atoms with Gasteiger partial charge in [-0.05, 0) is 99.6 Å². The molecule has 5 atom stereocenters. The van der Waals surface area contributed by atoms with E-state index in [2.05, 4.69) is 72.5 Å². The number of hydrogen-bond donors (Lipinski definition) is 2. The summed E-state index contributed by atoms with van der Waals surface area (Å²) in [6, 6.07) is 16.6. The number of esters is 1. The lowest BCUT2D eigenvalue weighted by Crippen LogP contribution is -2.67. The van der Waals surface area contributed by atoms with Gasteiger partial charge in [-0.2, -0.15) is 0 Å². The fourth-order valence-corrected chi connectivity index (χ4v) is 11.6. The van der Waals surface area contributed by atoms with Gasteiger partial charge in [-0.25, -0.2) is 5.43 Å². The van der Waals surface area contributed by atoms with Crippen LogP contribution in [-0.4, -0.2) is 153 Å². The van der Waals surface area contributed by atoms with E-state index in [1.807, 2.05) is 58.0 Å². The third-order valence-electron chi connectivity index (χ3n) is 14.7. The molecule has 0 aliphatic carbocycles. The predicted molar refractivity (Wildman–Crippen MR) is 276 cm³/mol. The monoisotopic (exact) mass is 989 g/mol. The Bertz CT molecular complexity index is 2720. The Morgan fingerprint density at radius 3 is 2.55 bits per heavy atom. The van der Waals surface area contributed by atoms with Crippen molar-refractivity contribution < 1.29 is 38.2 Å². The number of carbonyl (C=O) groups is 5. The summed E-state index contributed by atoms with van der Waals surface area (Å²) in [6.07, 6.45) is 6.91. The molecular weight excluding hydrogens is 917 g/mol. The second-order valence-corrected chi connectivity index (χ2v) is 23.2. The molecule has 2 aromatic carbocycles. The fraction of sp³-hybridized carbons (Fsp3) is 0.519. The van der Waals surface area contributed by atoms with Crippen molar-refractivity contribution in [3.05, 3.63) is 89.8 Å². The van der Waals surface area contributed by atoms with Gasteiger partial charge in [-0.15, -0.1) is 0 Å². The van der Waals surface area contributed by atoms with Gasteiger partial charge >= 0.3 is 5.97 Å². The lowest BCUT2D eigenvalue weighted by Gasteiger charge is -2.42. The lowest BCUT2D eigenvalue weighted by atomic mass is 9.84. The maximum Gasteiger partial charge on any atom is 0.323 e. The van der Waals surface area contributed by atoms with E-state index in [-0.39, 0.29) is 50.1 Å². The van der Waals surface area contributed by atoms with Crippen molar-refractivity contribution in [3.8, 4) is 22.4 Å². The van der Waals surface area contributed by atoms with Crippen molar-refractivity contribution in [1.82, 2.24) is 40.0 Å². The van der Waals surface area contributed by atoms with Crippen LogP contribution in [-0.2, 0) is 57.6 Å². The average molecular weight is 989 g/mol. The number of rotatable bonds is 11. The Morgan fingerprint density at radius 2 is 1.82 bits per heavy atom. The van der Waals surface area contributed by atoms with Crippen LogP contribution < -0.4 is 10.7 Å². The van der Waals surface area contributed by atoms with E-state index >= 15 is 0 Å². The van der Waals surface area contributed by atoms with Gasteiger partial charge in [0.2, 0.25) is 11.8 Å². The Hall–Kier alpha value is -5.72. The number of nitrogens with zero attached hydrogens (tertiary/aromatic N) is 6. The molecule has 71 heavy (non-hydrogen) atoms. The zero-order valence-electron chi connectivity index (χ0n) is 43.2. The summed E-state index contributed by atoms with van der Waals surface area (Å²) >= 11 is 0. The number of likely N-dealkylation sites (tertiary alicyclic amines) is 1.